The van der Waals surface area contributed by atoms with Gasteiger partial charge in [0.05, 0.1) is 12.5 Å². The molecular formula is C20H17ClO5. The zero-order valence-corrected chi connectivity index (χ0v) is 15.3. The summed E-state index contributed by atoms with van der Waals surface area (Å²) < 4.78 is 16.0. The van der Waals surface area contributed by atoms with Crippen molar-refractivity contribution in [2.75, 3.05) is 13.7 Å². The number of hydrogen-bond acceptors (Lipinski definition) is 5. The van der Waals surface area contributed by atoms with Crippen LogP contribution >= 0.6 is 11.6 Å². The third-order valence-electron chi connectivity index (χ3n) is 4.13. The van der Waals surface area contributed by atoms with E-state index in [0.29, 0.717) is 21.6 Å². The lowest BCUT2D eigenvalue weighted by Crippen LogP contribution is -2.17. The molecule has 0 saturated heterocycles. The number of carbonyl (C=O) groups is 1. The minimum absolute atomic E-state index is 0.0338. The van der Waals surface area contributed by atoms with E-state index in [1.54, 1.807) is 30.3 Å². The van der Waals surface area contributed by atoms with Crippen LogP contribution in [0.15, 0.2) is 45.6 Å². The summed E-state index contributed by atoms with van der Waals surface area (Å²) in [6.07, 6.45) is 0. The molecule has 5 nitrogen and oxygen atoms in total. The summed E-state index contributed by atoms with van der Waals surface area (Å²) in [6, 6.07) is 10.4. The smallest absolute Gasteiger partial charge is 0.343 e. The van der Waals surface area contributed by atoms with Crippen molar-refractivity contribution in [2.24, 2.45) is 0 Å². The van der Waals surface area contributed by atoms with E-state index < -0.39 is 12.6 Å². The fourth-order valence-corrected chi connectivity index (χ4v) is 2.67. The third-order valence-corrected chi connectivity index (χ3v) is 4.39. The van der Waals surface area contributed by atoms with Gasteiger partial charge in [0, 0.05) is 10.6 Å². The van der Waals surface area contributed by atoms with Gasteiger partial charge >= 0.3 is 5.97 Å². The van der Waals surface area contributed by atoms with Crippen molar-refractivity contribution >= 4 is 28.5 Å². The van der Waals surface area contributed by atoms with Crippen LogP contribution in [0.5, 0.6) is 5.75 Å². The molecule has 0 bridgehead atoms. The molecule has 2 aromatic carbocycles. The Morgan fingerprint density at radius 1 is 1.12 bits per heavy atom. The molecular weight excluding hydrogens is 356 g/mol. The summed E-state index contributed by atoms with van der Waals surface area (Å²) in [5, 5.41) is 0.950. The molecule has 0 atom stereocenters. The lowest BCUT2D eigenvalue weighted by molar-refractivity contribution is -0.142. The summed E-state index contributed by atoms with van der Waals surface area (Å²) in [5.41, 5.74) is 2.69. The van der Waals surface area contributed by atoms with Crippen LogP contribution in [0, 0.1) is 13.8 Å². The second kappa shape index (κ2) is 7.22. The van der Waals surface area contributed by atoms with Crippen LogP contribution < -0.4 is 10.2 Å². The highest BCUT2D eigenvalue weighted by molar-refractivity contribution is 6.30. The zero-order chi connectivity index (χ0) is 18.8. The summed E-state index contributed by atoms with van der Waals surface area (Å²) in [7, 11) is 1.25. The van der Waals surface area contributed by atoms with Gasteiger partial charge in [-0.2, -0.15) is 0 Å². The fourth-order valence-electron chi connectivity index (χ4n) is 2.55. The van der Waals surface area contributed by atoms with Crippen LogP contribution in [-0.2, 0) is 9.53 Å². The first kappa shape index (κ1) is 18.0. The highest BCUT2D eigenvalue weighted by Gasteiger charge is 2.19. The monoisotopic (exact) mass is 372 g/mol. The molecule has 0 spiro atoms. The van der Waals surface area contributed by atoms with Crippen LogP contribution in [0.25, 0.3) is 22.3 Å². The average molecular weight is 373 g/mol. The van der Waals surface area contributed by atoms with Gasteiger partial charge < -0.3 is 13.9 Å². The molecule has 1 heterocycles. The van der Waals surface area contributed by atoms with E-state index in [2.05, 4.69) is 4.74 Å². The van der Waals surface area contributed by atoms with Crippen molar-refractivity contribution in [3.05, 3.63) is 62.8 Å². The van der Waals surface area contributed by atoms with Gasteiger partial charge in [0.1, 0.15) is 5.58 Å². The number of ether oxygens (including phenoxy) is 2. The number of methoxy groups -OCH3 is 1. The SMILES string of the molecule is COC(=O)COc1c(-c2ccc(Cl)cc2)oc2cc(C)c(C)cc2c1=O. The first-order chi connectivity index (χ1) is 12.4. The molecule has 0 N–H and O–H groups in total. The van der Waals surface area contributed by atoms with Crippen molar-refractivity contribution < 1.29 is 18.7 Å². The lowest BCUT2D eigenvalue weighted by Gasteiger charge is -2.12. The van der Waals surface area contributed by atoms with Gasteiger partial charge in [0.2, 0.25) is 11.2 Å². The maximum absolute atomic E-state index is 13.0. The van der Waals surface area contributed by atoms with E-state index in [1.807, 2.05) is 19.9 Å². The van der Waals surface area contributed by atoms with Gasteiger partial charge in [0.15, 0.2) is 12.4 Å². The molecule has 0 aliphatic carbocycles. The van der Waals surface area contributed by atoms with Crippen LogP contribution in [0.4, 0.5) is 0 Å². The molecule has 0 fully saturated rings. The normalized spacial score (nSPS) is 10.8. The van der Waals surface area contributed by atoms with Crippen LogP contribution in [-0.4, -0.2) is 19.7 Å². The Kier molecular flexibility index (Phi) is 5.00. The Bertz CT molecular complexity index is 1030. The average Bonchev–Trinajstić information content (AvgIpc) is 2.63. The number of carbonyl (C=O) groups excluding carboxylic acids is 1. The Balaban J connectivity index is 2.25. The molecule has 6 heteroatoms. The van der Waals surface area contributed by atoms with Gasteiger partial charge in [-0.3, -0.25) is 4.79 Å². The molecule has 3 aromatic rings. The van der Waals surface area contributed by atoms with E-state index in [1.165, 1.54) is 7.11 Å². The number of fused-ring (bicyclic) bond motifs is 1. The van der Waals surface area contributed by atoms with Gasteiger partial charge in [-0.15, -0.1) is 0 Å². The first-order valence-corrected chi connectivity index (χ1v) is 8.32. The van der Waals surface area contributed by atoms with Crippen LogP contribution in [0.3, 0.4) is 0 Å². The Hall–Kier alpha value is -2.79. The van der Waals surface area contributed by atoms with Crippen LogP contribution in [0.1, 0.15) is 11.1 Å². The highest BCUT2D eigenvalue weighted by atomic mass is 35.5. The maximum Gasteiger partial charge on any atom is 0.343 e. The predicted molar refractivity (Wildman–Crippen MR) is 99.9 cm³/mol. The third kappa shape index (κ3) is 3.44. The molecule has 134 valence electrons. The van der Waals surface area contributed by atoms with Crippen LogP contribution in [0.2, 0.25) is 5.02 Å². The molecule has 1 aromatic heterocycles. The van der Waals surface area contributed by atoms with Crippen molar-refractivity contribution in [3.63, 3.8) is 0 Å². The largest absolute Gasteiger partial charge is 0.474 e. The van der Waals surface area contributed by atoms with E-state index in [-0.39, 0.29) is 16.9 Å². The summed E-state index contributed by atoms with van der Waals surface area (Å²) in [5.74, 6) is -0.383. The topological polar surface area (TPSA) is 65.7 Å². The van der Waals surface area contributed by atoms with Crippen molar-refractivity contribution in [1.82, 2.24) is 0 Å². The number of benzene rings is 2. The Morgan fingerprint density at radius 3 is 2.42 bits per heavy atom. The maximum atomic E-state index is 13.0. The van der Waals surface area contributed by atoms with E-state index >= 15 is 0 Å². The molecule has 0 unspecified atom stereocenters. The fraction of sp³-hybridized carbons (Fsp3) is 0.200. The van der Waals surface area contributed by atoms with Gasteiger partial charge in [-0.1, -0.05) is 11.6 Å². The number of halogens is 1. The van der Waals surface area contributed by atoms with Gasteiger partial charge in [-0.05, 0) is 61.4 Å². The predicted octanol–water partition coefficient (Wildman–Crippen LogP) is 4.28. The van der Waals surface area contributed by atoms with Crippen molar-refractivity contribution in [3.8, 4) is 17.1 Å². The number of aryl methyl sites for hydroxylation is 2. The molecule has 0 aliphatic rings. The number of rotatable bonds is 4. The van der Waals surface area contributed by atoms with E-state index in [4.69, 9.17) is 20.8 Å². The number of hydrogen-bond donors (Lipinski definition) is 0. The second-order valence-corrected chi connectivity index (χ2v) is 6.33. The minimum Gasteiger partial charge on any atom is -0.474 e. The highest BCUT2D eigenvalue weighted by Crippen LogP contribution is 2.32. The molecule has 0 saturated carbocycles. The first-order valence-electron chi connectivity index (χ1n) is 7.94. The summed E-state index contributed by atoms with van der Waals surface area (Å²) in [4.78, 5) is 24.4. The Morgan fingerprint density at radius 2 is 1.77 bits per heavy atom. The standard InChI is InChI=1S/C20H17ClO5/c1-11-8-15-16(9-12(11)2)26-19(13-4-6-14(21)7-5-13)20(18(15)23)25-10-17(22)24-3/h4-9H,10H2,1-3H3. The molecule has 26 heavy (non-hydrogen) atoms. The summed E-state index contributed by atoms with van der Waals surface area (Å²) in [6.45, 7) is 3.47. The second-order valence-electron chi connectivity index (χ2n) is 5.89. The summed E-state index contributed by atoms with van der Waals surface area (Å²) >= 11 is 5.94. The Labute approximate surface area is 155 Å². The lowest BCUT2D eigenvalue weighted by atomic mass is 10.0. The number of esters is 1. The quantitative estimate of drug-likeness (QED) is 0.639. The van der Waals surface area contributed by atoms with E-state index in [9.17, 15) is 9.59 Å². The van der Waals surface area contributed by atoms with Gasteiger partial charge in [-0.25, -0.2) is 4.79 Å². The zero-order valence-electron chi connectivity index (χ0n) is 14.6. The minimum atomic E-state index is -0.591. The van der Waals surface area contributed by atoms with E-state index in [0.717, 1.165) is 11.1 Å². The molecule has 3 rings (SSSR count). The molecule has 0 aliphatic heterocycles. The molecule has 0 radical (unpaired) electrons. The van der Waals surface area contributed by atoms with Crippen molar-refractivity contribution in [1.29, 1.82) is 0 Å². The van der Waals surface area contributed by atoms with Crippen molar-refractivity contribution in [2.45, 2.75) is 13.8 Å². The van der Waals surface area contributed by atoms with Gasteiger partial charge in [0.25, 0.3) is 0 Å². The molecule has 0 amide bonds.